The number of hydrogen-bond donors (Lipinski definition) is 1. The van der Waals surface area contributed by atoms with Gasteiger partial charge in [-0.3, -0.25) is 0 Å². The van der Waals surface area contributed by atoms with Gasteiger partial charge in [0.2, 0.25) is 0 Å². The fraction of sp³-hybridized carbons (Fsp3) is 0.625. The van der Waals surface area contributed by atoms with Crippen molar-refractivity contribution in [2.75, 3.05) is 18.0 Å². The fourth-order valence-corrected chi connectivity index (χ4v) is 2.68. The molecule has 1 aliphatic carbocycles. The number of nitrogens with one attached hydrogen (secondary N) is 1. The Kier molecular flexibility index (Phi) is 3.55. The molecule has 1 saturated carbocycles. The lowest BCUT2D eigenvalue weighted by Gasteiger charge is -2.32. The molecule has 2 fully saturated rings. The van der Waals surface area contributed by atoms with Gasteiger partial charge in [0.15, 0.2) is 0 Å². The van der Waals surface area contributed by atoms with Gasteiger partial charge in [0, 0.05) is 31.4 Å². The van der Waals surface area contributed by atoms with Crippen LogP contribution in [0, 0.1) is 5.92 Å². The van der Waals surface area contributed by atoms with Gasteiger partial charge in [0.25, 0.3) is 0 Å². The molecule has 0 amide bonds. The third kappa shape index (κ3) is 3.05. The van der Waals surface area contributed by atoms with E-state index in [2.05, 4.69) is 41.4 Å². The number of anilines is 1. The lowest BCUT2D eigenvalue weighted by Crippen LogP contribution is -2.32. The number of nitrogens with zero attached hydrogens (tertiary/aromatic N) is 1. The first-order valence-electron chi connectivity index (χ1n) is 7.38. The predicted octanol–water partition coefficient (Wildman–Crippen LogP) is 3.17. The van der Waals surface area contributed by atoms with Gasteiger partial charge >= 0.3 is 0 Å². The maximum atomic E-state index is 3.59. The van der Waals surface area contributed by atoms with Crippen molar-refractivity contribution in [3.8, 4) is 0 Å². The fourth-order valence-electron chi connectivity index (χ4n) is 2.68. The van der Waals surface area contributed by atoms with Crippen LogP contribution in [0.3, 0.4) is 0 Å². The van der Waals surface area contributed by atoms with Gasteiger partial charge in [0.05, 0.1) is 0 Å². The maximum absolute atomic E-state index is 3.59. The number of piperidine rings is 1. The molecular formula is C16H24N2. The molecule has 1 saturated heterocycles. The van der Waals surface area contributed by atoms with Crippen LogP contribution < -0.4 is 10.2 Å². The zero-order valence-electron chi connectivity index (χ0n) is 11.4. The van der Waals surface area contributed by atoms with E-state index in [-0.39, 0.29) is 0 Å². The Balaban J connectivity index is 1.62. The third-order valence-corrected chi connectivity index (χ3v) is 4.23. The highest BCUT2D eigenvalue weighted by molar-refractivity contribution is 5.49. The molecular weight excluding hydrogens is 220 g/mol. The Morgan fingerprint density at radius 1 is 1.17 bits per heavy atom. The summed E-state index contributed by atoms with van der Waals surface area (Å²) in [5.74, 6) is 0.904. The summed E-state index contributed by atoms with van der Waals surface area (Å²) in [4.78, 5) is 2.54. The van der Waals surface area contributed by atoms with E-state index in [0.717, 1.165) is 18.5 Å². The van der Waals surface area contributed by atoms with Crippen LogP contribution in [-0.4, -0.2) is 19.1 Å². The lowest BCUT2D eigenvalue weighted by atomic mass is 9.98. The highest BCUT2D eigenvalue weighted by Crippen LogP contribution is 2.24. The van der Waals surface area contributed by atoms with E-state index in [1.54, 1.807) is 0 Å². The molecule has 1 aromatic rings. The molecule has 1 aromatic carbocycles. The minimum Gasteiger partial charge on any atom is -0.372 e. The molecule has 0 atom stereocenters. The zero-order valence-corrected chi connectivity index (χ0v) is 11.4. The minimum atomic E-state index is 0.796. The molecule has 0 aromatic heterocycles. The Morgan fingerprint density at radius 3 is 2.67 bits per heavy atom. The smallest absolute Gasteiger partial charge is 0.0369 e. The topological polar surface area (TPSA) is 15.3 Å². The van der Waals surface area contributed by atoms with Gasteiger partial charge in [-0.25, -0.2) is 0 Å². The monoisotopic (exact) mass is 244 g/mol. The van der Waals surface area contributed by atoms with Gasteiger partial charge in [-0.05, 0) is 49.3 Å². The standard InChI is InChI=1S/C16H24N2/c1-13-7-9-18(10-8-13)16-4-2-3-14(11-16)12-17-15-5-6-15/h2-4,11,13,15,17H,5-10,12H2,1H3. The SMILES string of the molecule is CC1CCN(c2cccc(CNC3CC3)c2)CC1. The maximum Gasteiger partial charge on any atom is 0.0369 e. The minimum absolute atomic E-state index is 0.796. The summed E-state index contributed by atoms with van der Waals surface area (Å²) >= 11 is 0. The predicted molar refractivity (Wildman–Crippen MR) is 76.9 cm³/mol. The average molecular weight is 244 g/mol. The van der Waals surface area contributed by atoms with Crippen molar-refractivity contribution in [2.45, 2.75) is 45.2 Å². The van der Waals surface area contributed by atoms with Gasteiger partial charge in [-0.15, -0.1) is 0 Å². The summed E-state index contributed by atoms with van der Waals surface area (Å²) in [6.45, 7) is 5.84. The summed E-state index contributed by atoms with van der Waals surface area (Å²) in [6.07, 6.45) is 5.41. The molecule has 0 unspecified atom stereocenters. The molecule has 3 rings (SSSR count). The van der Waals surface area contributed by atoms with Crippen molar-refractivity contribution < 1.29 is 0 Å². The highest BCUT2D eigenvalue weighted by atomic mass is 15.1. The molecule has 2 aliphatic rings. The number of rotatable bonds is 4. The van der Waals surface area contributed by atoms with Crippen LogP contribution in [0.25, 0.3) is 0 Å². The number of hydrogen-bond acceptors (Lipinski definition) is 2. The van der Waals surface area contributed by atoms with Gasteiger partial charge < -0.3 is 10.2 Å². The summed E-state index contributed by atoms with van der Waals surface area (Å²) < 4.78 is 0. The molecule has 2 heteroatoms. The Bertz CT molecular complexity index is 390. The van der Waals surface area contributed by atoms with Crippen molar-refractivity contribution in [1.82, 2.24) is 5.32 Å². The first kappa shape index (κ1) is 12.0. The molecule has 0 spiro atoms. The van der Waals surface area contributed by atoms with Crippen LogP contribution >= 0.6 is 0 Å². The van der Waals surface area contributed by atoms with Crippen LogP contribution in [-0.2, 0) is 6.54 Å². The van der Waals surface area contributed by atoms with Crippen LogP contribution in [0.5, 0.6) is 0 Å². The van der Waals surface area contributed by atoms with E-state index in [0.29, 0.717) is 0 Å². The normalized spacial score (nSPS) is 21.3. The van der Waals surface area contributed by atoms with Crippen molar-refractivity contribution in [3.05, 3.63) is 29.8 Å². The van der Waals surface area contributed by atoms with Crippen LogP contribution in [0.2, 0.25) is 0 Å². The molecule has 98 valence electrons. The third-order valence-electron chi connectivity index (χ3n) is 4.23. The molecule has 1 aliphatic heterocycles. The van der Waals surface area contributed by atoms with E-state index < -0.39 is 0 Å². The van der Waals surface area contributed by atoms with Crippen LogP contribution in [0.15, 0.2) is 24.3 Å². The summed E-state index contributed by atoms with van der Waals surface area (Å²) in [6, 6.07) is 9.87. The average Bonchev–Trinajstić information content (AvgIpc) is 3.22. The molecule has 18 heavy (non-hydrogen) atoms. The summed E-state index contributed by atoms with van der Waals surface area (Å²) in [5.41, 5.74) is 2.84. The summed E-state index contributed by atoms with van der Waals surface area (Å²) in [5, 5.41) is 3.59. The van der Waals surface area contributed by atoms with E-state index >= 15 is 0 Å². The second-order valence-electron chi connectivity index (χ2n) is 5.99. The van der Waals surface area contributed by atoms with Crippen molar-refractivity contribution in [3.63, 3.8) is 0 Å². The van der Waals surface area contributed by atoms with Gasteiger partial charge in [-0.1, -0.05) is 19.1 Å². The Morgan fingerprint density at radius 2 is 1.94 bits per heavy atom. The molecule has 0 bridgehead atoms. The van der Waals surface area contributed by atoms with Crippen LogP contribution in [0.1, 0.15) is 38.2 Å². The van der Waals surface area contributed by atoms with Gasteiger partial charge in [-0.2, -0.15) is 0 Å². The first-order chi connectivity index (χ1) is 8.81. The summed E-state index contributed by atoms with van der Waals surface area (Å²) in [7, 11) is 0. The van der Waals surface area contributed by atoms with E-state index in [9.17, 15) is 0 Å². The van der Waals surface area contributed by atoms with Crippen LogP contribution in [0.4, 0.5) is 5.69 Å². The number of benzene rings is 1. The van der Waals surface area contributed by atoms with E-state index in [1.165, 1.54) is 50.0 Å². The van der Waals surface area contributed by atoms with Crippen molar-refractivity contribution in [1.29, 1.82) is 0 Å². The zero-order chi connectivity index (χ0) is 12.4. The van der Waals surface area contributed by atoms with Crippen molar-refractivity contribution in [2.24, 2.45) is 5.92 Å². The Hall–Kier alpha value is -1.02. The molecule has 1 heterocycles. The first-order valence-corrected chi connectivity index (χ1v) is 7.38. The highest BCUT2D eigenvalue weighted by Gasteiger charge is 2.20. The largest absolute Gasteiger partial charge is 0.372 e. The molecule has 2 nitrogen and oxygen atoms in total. The molecule has 0 radical (unpaired) electrons. The second kappa shape index (κ2) is 5.31. The van der Waals surface area contributed by atoms with E-state index in [1.807, 2.05) is 0 Å². The Labute approximate surface area is 110 Å². The lowest BCUT2D eigenvalue weighted by molar-refractivity contribution is 0.438. The van der Waals surface area contributed by atoms with Gasteiger partial charge in [0.1, 0.15) is 0 Å². The quantitative estimate of drug-likeness (QED) is 0.875. The van der Waals surface area contributed by atoms with E-state index in [4.69, 9.17) is 0 Å². The second-order valence-corrected chi connectivity index (χ2v) is 5.99. The van der Waals surface area contributed by atoms with Crippen molar-refractivity contribution >= 4 is 5.69 Å². The molecule has 1 N–H and O–H groups in total.